The van der Waals surface area contributed by atoms with Gasteiger partial charge in [-0.05, 0) is 242 Å². The van der Waals surface area contributed by atoms with Gasteiger partial charge in [-0.3, -0.25) is 29.3 Å². The number of urea groups is 2. The molecule has 0 spiro atoms. The van der Waals surface area contributed by atoms with Gasteiger partial charge in [0.25, 0.3) is 5.69 Å². The summed E-state index contributed by atoms with van der Waals surface area (Å²) in [5.74, 6) is -4.65. The second-order valence-electron chi connectivity index (χ2n) is 33.1. The molecular weight excluding hydrogens is 1440 g/mol. The number of non-ortho nitro benzene ring substituents is 1. The quantitative estimate of drug-likeness (QED) is 0.0118. The Bertz CT molecular complexity index is 3220. The molecule has 8 N–H and O–H groups in total. The number of nitro groups is 1. The summed E-state index contributed by atoms with van der Waals surface area (Å²) < 4.78 is 52.9. The van der Waals surface area contributed by atoms with Gasteiger partial charge < -0.3 is 85.0 Å². The highest BCUT2D eigenvalue weighted by Crippen LogP contribution is 2.21. The Morgan fingerprint density at radius 3 is 0.991 bits per heavy atom. The molecule has 2 aromatic rings. The first-order valence-electron chi connectivity index (χ1n) is 36.0. The normalized spacial score (nSPS) is 13.1. The highest BCUT2D eigenvalue weighted by atomic mass is 35.5. The zero-order valence-electron chi connectivity index (χ0n) is 68.4. The number of hydrogen-bond acceptors (Lipinski definition) is 25. The van der Waals surface area contributed by atoms with Crippen LogP contribution >= 0.6 is 12.4 Å². The van der Waals surface area contributed by atoms with E-state index in [-0.39, 0.29) is 94.3 Å². The molecule has 0 saturated heterocycles. The molecule has 6 amide bonds. The van der Waals surface area contributed by atoms with Crippen LogP contribution < -0.4 is 42.4 Å². The van der Waals surface area contributed by atoms with Crippen molar-refractivity contribution in [1.82, 2.24) is 31.9 Å². The minimum absolute atomic E-state index is 0. The van der Waals surface area contributed by atoms with Crippen LogP contribution in [0.3, 0.4) is 0 Å². The Kier molecular flexibility index (Phi) is 44.1. The maximum Gasteiger partial charge on any atom is 0.412 e. The second kappa shape index (κ2) is 47.1. The van der Waals surface area contributed by atoms with Crippen molar-refractivity contribution < 1.29 is 110 Å². The number of esters is 8. The molecule has 2 aromatic carbocycles. The van der Waals surface area contributed by atoms with Gasteiger partial charge in [0.2, 0.25) is 0 Å². The van der Waals surface area contributed by atoms with Gasteiger partial charge in [0.1, 0.15) is 87.4 Å². The van der Waals surface area contributed by atoms with E-state index in [1.807, 2.05) is 30.3 Å². The summed E-state index contributed by atoms with van der Waals surface area (Å²) in [6.45, 7) is 41.8. The summed E-state index contributed by atoms with van der Waals surface area (Å²) in [5.41, 5.74) is 0.514. The van der Waals surface area contributed by atoms with Crippen molar-refractivity contribution in [3.63, 3.8) is 0 Å². The summed E-state index contributed by atoms with van der Waals surface area (Å²) >= 11 is 0. The fourth-order valence-corrected chi connectivity index (χ4v) is 8.56. The van der Waals surface area contributed by atoms with Crippen molar-refractivity contribution in [3.8, 4) is 5.75 Å². The number of rotatable bonds is 32. The van der Waals surface area contributed by atoms with Gasteiger partial charge in [-0.2, -0.15) is 0 Å². The summed E-state index contributed by atoms with van der Waals surface area (Å²) in [4.78, 5) is 159. The lowest BCUT2D eigenvalue weighted by molar-refractivity contribution is -0.384. The minimum atomic E-state index is -1.21. The number of nitrogens with two attached hydrogens (primary N) is 1. The monoisotopic (exact) mass is 1570 g/mol. The molecule has 0 fully saturated rings. The molecular formula is C76H125ClN8O24. The number of carbonyl (C=O) groups excluding carboxylic acids is 12. The van der Waals surface area contributed by atoms with Crippen molar-refractivity contribution in [2.24, 2.45) is 5.73 Å². The topological polar surface area (TPSA) is 438 Å². The number of alkyl carbamates (subject to hydrolysis) is 1. The number of hydrogen-bond donors (Lipinski definition) is 7. The van der Waals surface area contributed by atoms with Crippen LogP contribution in [0.1, 0.15) is 249 Å². The molecule has 0 aliphatic carbocycles. The maximum absolute atomic E-state index is 13.0. The van der Waals surface area contributed by atoms with E-state index in [0.29, 0.717) is 32.2 Å². The van der Waals surface area contributed by atoms with Crippen molar-refractivity contribution in [1.29, 1.82) is 0 Å². The first kappa shape index (κ1) is 102. The maximum atomic E-state index is 13.0. The molecule has 0 aliphatic heterocycles. The Labute approximate surface area is 648 Å². The van der Waals surface area contributed by atoms with Gasteiger partial charge in [-0.25, -0.2) is 38.4 Å². The number of carbonyl (C=O) groups is 12. The predicted molar refractivity (Wildman–Crippen MR) is 408 cm³/mol. The van der Waals surface area contributed by atoms with Crippen LogP contribution in [0.15, 0.2) is 54.6 Å². The summed E-state index contributed by atoms with van der Waals surface area (Å²) in [7, 11) is 0. The molecule has 620 valence electrons. The summed E-state index contributed by atoms with van der Waals surface area (Å²) in [6.07, 6.45) is 0.589. The molecule has 109 heavy (non-hydrogen) atoms. The standard InChI is InChI=1S/C32H51N3O9.C31H48N4O11.C13H25NO4.ClH/c1-30(2,3)42-25(36)19-18-24(27(38)44-32(7,8)9)35-28(39)34-23(26(37)43-31(4,5)6)17-13-14-20-33-29(40)41-21-22-15-11-10-12-16-22;1-29(2,3)44-24(36)18-17-23(26(38)46-31(7,8)9)34-27(39)33-22(25(37)45-30(4,5)6)12-10-11-19-32-28(40)43-21-15-13-20(14-16-21)35(41)42;1-12(2,3)17-10(15)8-7-9(14)11(16)18-13(4,5)6;/h10-12,15-16,23-24H,13-14,17-21H2,1-9H3,(H,33,40)(H2,34,35,39);13-16,22-23H,10-12,17-19H2,1-9H3,(H,32,40)(H2,33,34,39);9H,7-8,14H2,1-6H3;1H/t23-,24-;22-,23-;9-;/m000./s1. The highest BCUT2D eigenvalue weighted by molar-refractivity contribution is 5.89. The summed E-state index contributed by atoms with van der Waals surface area (Å²) in [5, 5.41) is 26.1. The molecule has 32 nitrogen and oxygen atoms in total. The van der Waals surface area contributed by atoms with E-state index in [4.69, 9.17) is 53.1 Å². The summed E-state index contributed by atoms with van der Waals surface area (Å²) in [6, 6.07) is 7.33. The van der Waals surface area contributed by atoms with E-state index in [1.54, 1.807) is 166 Å². The Hall–Kier alpha value is -9.07. The van der Waals surface area contributed by atoms with Crippen LogP contribution in [0, 0.1) is 10.1 Å². The highest BCUT2D eigenvalue weighted by Gasteiger charge is 2.35. The van der Waals surface area contributed by atoms with Gasteiger partial charge in [0.05, 0.1) is 4.92 Å². The number of benzene rings is 2. The first-order valence-corrected chi connectivity index (χ1v) is 36.0. The Balaban J connectivity index is 0. The average molecular weight is 1570 g/mol. The number of nitrogens with zero attached hydrogens (tertiary/aromatic N) is 1. The molecule has 0 radical (unpaired) electrons. The van der Waals surface area contributed by atoms with E-state index in [0.717, 1.165) is 5.56 Å². The van der Waals surface area contributed by atoms with Gasteiger partial charge in [0, 0.05) is 44.5 Å². The van der Waals surface area contributed by atoms with Crippen molar-refractivity contribution in [2.75, 3.05) is 13.1 Å². The van der Waals surface area contributed by atoms with Crippen molar-refractivity contribution in [3.05, 3.63) is 70.3 Å². The molecule has 0 saturated carbocycles. The number of unbranched alkanes of at least 4 members (excludes halogenated alkanes) is 2. The van der Waals surface area contributed by atoms with Crippen LogP contribution in [-0.4, -0.2) is 165 Å². The van der Waals surface area contributed by atoms with E-state index < -0.39 is 146 Å². The smallest absolute Gasteiger partial charge is 0.412 e. The largest absolute Gasteiger partial charge is 0.460 e. The molecule has 0 heterocycles. The van der Waals surface area contributed by atoms with Crippen molar-refractivity contribution >= 4 is 90.1 Å². The fourth-order valence-electron chi connectivity index (χ4n) is 8.56. The molecule has 33 heteroatoms. The molecule has 5 atom stereocenters. The molecule has 2 rings (SSSR count). The van der Waals surface area contributed by atoms with E-state index in [9.17, 15) is 67.6 Å². The number of halogens is 1. The lowest BCUT2D eigenvalue weighted by Crippen LogP contribution is -2.53. The van der Waals surface area contributed by atoms with Gasteiger partial charge in [-0.1, -0.05) is 30.3 Å². The van der Waals surface area contributed by atoms with Gasteiger partial charge in [0.15, 0.2) is 0 Å². The Morgan fingerprint density at radius 1 is 0.385 bits per heavy atom. The molecule has 0 bridgehead atoms. The number of ether oxygens (including phenoxy) is 10. The van der Waals surface area contributed by atoms with Gasteiger partial charge in [-0.15, -0.1) is 12.4 Å². The molecule has 0 unspecified atom stereocenters. The zero-order chi connectivity index (χ0) is 83.4. The number of nitro benzene ring substituents is 1. The second-order valence-corrected chi connectivity index (χ2v) is 33.1. The predicted octanol–water partition coefficient (Wildman–Crippen LogP) is 11.8. The van der Waals surface area contributed by atoms with Crippen LogP contribution in [0.2, 0.25) is 0 Å². The lowest BCUT2D eigenvalue weighted by Gasteiger charge is -2.27. The lowest BCUT2D eigenvalue weighted by atomic mass is 10.1. The molecule has 0 aliphatic rings. The van der Waals surface area contributed by atoms with E-state index >= 15 is 0 Å². The van der Waals surface area contributed by atoms with Crippen LogP contribution in [-0.2, 0) is 87.6 Å². The third-order valence-electron chi connectivity index (χ3n) is 12.7. The van der Waals surface area contributed by atoms with Crippen molar-refractivity contribution in [2.45, 2.75) is 325 Å². The SMILES string of the molecule is CC(C)(C)OC(=O)CC[C@H](N)C(=O)OC(C)(C)C.CC(C)(C)OC(=O)CC[C@H](NC(=O)N[C@@H](CCCCNC(=O)OCc1ccccc1)C(=O)OC(C)(C)C)C(=O)OC(C)(C)C.CC(C)(C)OC(=O)CC[C@H](NC(=O)N[C@@H](CCCCNC(=O)Oc1ccc([N+](=O)[O-])cc1)C(=O)OC(C)(C)C)C(=O)OC(C)(C)C.Cl. The average Bonchev–Trinajstić information content (AvgIpc) is 0.874. The first-order chi connectivity index (χ1) is 49.2. The third kappa shape index (κ3) is 55.9. The van der Waals surface area contributed by atoms with Crippen LogP contribution in [0.4, 0.5) is 24.9 Å². The fraction of sp³-hybridized carbons (Fsp3) is 0.684. The van der Waals surface area contributed by atoms with Crippen LogP contribution in [0.25, 0.3) is 0 Å². The van der Waals surface area contributed by atoms with Crippen LogP contribution in [0.5, 0.6) is 5.75 Å². The minimum Gasteiger partial charge on any atom is -0.460 e. The third-order valence-corrected chi connectivity index (χ3v) is 12.7. The Morgan fingerprint density at radius 2 is 0.679 bits per heavy atom. The van der Waals surface area contributed by atoms with E-state index in [2.05, 4.69) is 31.9 Å². The number of nitrogens with one attached hydrogen (secondary N) is 6. The molecule has 0 aromatic heterocycles. The number of amides is 6. The van der Waals surface area contributed by atoms with E-state index in [1.165, 1.54) is 24.3 Å². The van der Waals surface area contributed by atoms with Gasteiger partial charge >= 0.3 is 72.0 Å². The zero-order valence-corrected chi connectivity index (χ0v) is 69.2.